The number of fused-ring (bicyclic) bond motifs is 10. The van der Waals surface area contributed by atoms with Crippen molar-refractivity contribution in [2.75, 3.05) is 0 Å². The molecular formula is C56H38N6. The molecule has 1 atom stereocenters. The van der Waals surface area contributed by atoms with Gasteiger partial charge in [0.2, 0.25) is 0 Å². The minimum absolute atomic E-state index is 0.133. The lowest BCUT2D eigenvalue weighted by molar-refractivity contribution is 0.583. The van der Waals surface area contributed by atoms with Crippen molar-refractivity contribution < 1.29 is 0 Å². The molecule has 0 saturated carbocycles. The van der Waals surface area contributed by atoms with Crippen LogP contribution in [0.5, 0.6) is 0 Å². The number of nitrogens with one attached hydrogen (secondary N) is 1. The number of allylic oxidation sites excluding steroid dienone is 2. The standard InChI is InChI=1S/C56H38N6/c1-3-18-37(19-4-1)45-28-16-34-51(57-45)61-49-32-13-9-26-43(49)53-41-24-7-11-30-47(41)59(55(53)61)39-22-15-23-40(36-39)60-48-31-12-8-25-42(48)54-44-27-10-14-33-50(44)62(56(54)60)52-35-17-29-46(58-52)38-20-5-2-6-21-38/h1-36,51,57H. The van der Waals surface area contributed by atoms with E-state index in [2.05, 4.69) is 236 Å². The van der Waals surface area contributed by atoms with Crippen molar-refractivity contribution in [1.82, 2.24) is 28.6 Å². The molecule has 6 heteroatoms. The van der Waals surface area contributed by atoms with Crippen LogP contribution in [0.15, 0.2) is 218 Å². The third kappa shape index (κ3) is 5.07. The lowest BCUT2D eigenvalue weighted by atomic mass is 10.1. The van der Waals surface area contributed by atoms with Crippen molar-refractivity contribution in [1.29, 1.82) is 0 Å². The van der Waals surface area contributed by atoms with E-state index in [0.717, 1.165) is 67.6 Å². The van der Waals surface area contributed by atoms with Crippen molar-refractivity contribution in [2.45, 2.75) is 6.17 Å². The lowest BCUT2D eigenvalue weighted by Gasteiger charge is -2.26. The zero-order chi connectivity index (χ0) is 40.7. The fraction of sp³-hybridized carbons (Fsp3) is 0.0179. The molecule has 13 rings (SSSR count). The molecule has 5 aromatic heterocycles. The van der Waals surface area contributed by atoms with E-state index in [0.29, 0.717) is 0 Å². The Balaban J connectivity index is 1.08. The summed E-state index contributed by atoms with van der Waals surface area (Å²) in [5.41, 5.74) is 13.2. The van der Waals surface area contributed by atoms with Crippen LogP contribution in [0.4, 0.5) is 0 Å². The van der Waals surface area contributed by atoms with Gasteiger partial charge >= 0.3 is 0 Å². The Morgan fingerprint density at radius 1 is 0.419 bits per heavy atom. The van der Waals surface area contributed by atoms with Gasteiger partial charge in [-0.05, 0) is 72.3 Å². The average Bonchev–Trinajstić information content (AvgIpc) is 4.07. The monoisotopic (exact) mass is 794 g/mol. The molecule has 0 aliphatic carbocycles. The van der Waals surface area contributed by atoms with Gasteiger partial charge in [0.15, 0.2) is 0 Å². The maximum absolute atomic E-state index is 5.34. The van der Waals surface area contributed by atoms with Crippen LogP contribution < -0.4 is 5.32 Å². The van der Waals surface area contributed by atoms with Gasteiger partial charge in [0.1, 0.15) is 23.3 Å². The van der Waals surface area contributed by atoms with E-state index in [9.17, 15) is 0 Å². The summed E-state index contributed by atoms with van der Waals surface area (Å²) in [6, 6.07) is 71.6. The van der Waals surface area contributed by atoms with Crippen molar-refractivity contribution >= 4 is 71.4 Å². The summed E-state index contributed by atoms with van der Waals surface area (Å²) in [6.07, 6.45) is 6.48. The van der Waals surface area contributed by atoms with E-state index >= 15 is 0 Å². The number of para-hydroxylation sites is 4. The van der Waals surface area contributed by atoms with Gasteiger partial charge in [-0.2, -0.15) is 0 Å². The molecule has 0 radical (unpaired) electrons. The Bertz CT molecular complexity index is 3780. The molecule has 1 aliphatic heterocycles. The van der Waals surface area contributed by atoms with Gasteiger partial charge in [0.25, 0.3) is 0 Å². The minimum atomic E-state index is -0.133. The predicted molar refractivity (Wildman–Crippen MR) is 256 cm³/mol. The van der Waals surface area contributed by atoms with Crippen LogP contribution >= 0.6 is 0 Å². The van der Waals surface area contributed by atoms with Gasteiger partial charge in [-0.1, -0.05) is 152 Å². The first kappa shape index (κ1) is 34.5. The normalized spacial score (nSPS) is 14.1. The number of hydrogen-bond acceptors (Lipinski definition) is 2. The molecule has 292 valence electrons. The lowest BCUT2D eigenvalue weighted by Crippen LogP contribution is -2.26. The van der Waals surface area contributed by atoms with Crippen LogP contribution in [0.25, 0.3) is 99.8 Å². The highest BCUT2D eigenvalue weighted by Crippen LogP contribution is 2.44. The Kier molecular flexibility index (Phi) is 7.57. The van der Waals surface area contributed by atoms with Crippen LogP contribution in [0.1, 0.15) is 11.7 Å². The molecule has 0 bridgehead atoms. The van der Waals surface area contributed by atoms with Crippen LogP contribution in [0.3, 0.4) is 0 Å². The Labute approximate surface area is 357 Å². The molecule has 1 unspecified atom stereocenters. The molecule has 1 N–H and O–H groups in total. The van der Waals surface area contributed by atoms with Crippen LogP contribution in [-0.4, -0.2) is 23.3 Å². The third-order valence-corrected chi connectivity index (χ3v) is 12.6. The summed E-state index contributed by atoms with van der Waals surface area (Å²) < 4.78 is 9.74. The molecule has 6 heterocycles. The molecule has 62 heavy (non-hydrogen) atoms. The van der Waals surface area contributed by atoms with E-state index in [4.69, 9.17) is 4.98 Å². The van der Waals surface area contributed by atoms with Gasteiger partial charge in [-0.25, -0.2) is 4.98 Å². The molecule has 0 saturated heterocycles. The Morgan fingerprint density at radius 2 is 0.919 bits per heavy atom. The maximum atomic E-state index is 5.34. The molecule has 0 fully saturated rings. The first-order chi connectivity index (χ1) is 30.8. The number of hydrogen-bond donors (Lipinski definition) is 1. The van der Waals surface area contributed by atoms with Gasteiger partial charge in [0.05, 0.1) is 27.8 Å². The molecule has 6 nitrogen and oxygen atoms in total. The number of dihydropyridines is 1. The second-order valence-electron chi connectivity index (χ2n) is 16.0. The Morgan fingerprint density at radius 3 is 1.56 bits per heavy atom. The number of benzene rings is 7. The first-order valence-electron chi connectivity index (χ1n) is 21.2. The number of nitrogens with zero attached hydrogens (tertiary/aromatic N) is 5. The average molecular weight is 795 g/mol. The van der Waals surface area contributed by atoms with Crippen LogP contribution in [0.2, 0.25) is 0 Å². The fourth-order valence-corrected chi connectivity index (χ4v) is 10.0. The van der Waals surface area contributed by atoms with E-state index in [1.54, 1.807) is 0 Å². The zero-order valence-electron chi connectivity index (χ0n) is 33.6. The summed E-state index contributed by atoms with van der Waals surface area (Å²) in [5.74, 6) is 0.873. The predicted octanol–water partition coefficient (Wildman–Crippen LogP) is 13.5. The second-order valence-corrected chi connectivity index (χ2v) is 16.0. The summed E-state index contributed by atoms with van der Waals surface area (Å²) in [6.45, 7) is 0. The molecular weight excluding hydrogens is 757 g/mol. The van der Waals surface area contributed by atoms with Gasteiger partial charge < -0.3 is 9.88 Å². The van der Waals surface area contributed by atoms with Crippen molar-refractivity contribution in [2.24, 2.45) is 0 Å². The first-order valence-corrected chi connectivity index (χ1v) is 21.2. The minimum Gasteiger partial charge on any atom is -0.361 e. The summed E-state index contributed by atoms with van der Waals surface area (Å²) >= 11 is 0. The van der Waals surface area contributed by atoms with Gasteiger partial charge in [-0.15, -0.1) is 0 Å². The molecule has 0 amide bonds. The maximum Gasteiger partial charge on any atom is 0.139 e. The summed E-state index contributed by atoms with van der Waals surface area (Å²) in [4.78, 5) is 5.34. The molecule has 1 aliphatic rings. The zero-order valence-corrected chi connectivity index (χ0v) is 33.6. The summed E-state index contributed by atoms with van der Waals surface area (Å²) in [7, 11) is 0. The smallest absolute Gasteiger partial charge is 0.139 e. The number of aromatic nitrogens is 5. The van der Waals surface area contributed by atoms with Crippen molar-refractivity contribution in [3.63, 3.8) is 0 Å². The largest absolute Gasteiger partial charge is 0.361 e. The van der Waals surface area contributed by atoms with Crippen molar-refractivity contribution in [3.05, 3.63) is 224 Å². The van der Waals surface area contributed by atoms with Crippen molar-refractivity contribution in [3.8, 4) is 28.5 Å². The van der Waals surface area contributed by atoms with E-state index in [-0.39, 0.29) is 6.17 Å². The second kappa shape index (κ2) is 13.6. The highest BCUT2D eigenvalue weighted by atomic mass is 15.2. The quantitative estimate of drug-likeness (QED) is 0.182. The van der Waals surface area contributed by atoms with E-state index in [1.807, 2.05) is 6.07 Å². The Hall–Kier alpha value is -8.35. The van der Waals surface area contributed by atoms with E-state index in [1.165, 1.54) is 37.8 Å². The topological polar surface area (TPSA) is 44.6 Å². The van der Waals surface area contributed by atoms with Crippen LogP contribution in [0, 0.1) is 0 Å². The molecule has 12 aromatic rings. The fourth-order valence-electron chi connectivity index (χ4n) is 10.0. The SMILES string of the molecule is C1=CC(n2c3ccccc3c3c4ccccc4n(-c4cccc(-n5c6ccccc6c6c7ccccc7n(-c7cccc(-c8ccccc8)n7)c65)c4)c32)NC(c2ccccc2)=C1. The highest BCUT2D eigenvalue weighted by Gasteiger charge is 2.27. The van der Waals surface area contributed by atoms with E-state index < -0.39 is 0 Å². The molecule has 0 spiro atoms. The third-order valence-electron chi connectivity index (χ3n) is 12.6. The highest BCUT2D eigenvalue weighted by molar-refractivity contribution is 6.23. The molecule has 7 aromatic carbocycles. The number of rotatable bonds is 6. The summed E-state index contributed by atoms with van der Waals surface area (Å²) in [5, 5.41) is 11.2. The van der Waals surface area contributed by atoms with Gasteiger partial charge in [0, 0.05) is 55.0 Å². The van der Waals surface area contributed by atoms with Gasteiger partial charge in [-0.3, -0.25) is 13.7 Å². The van der Waals surface area contributed by atoms with Crippen LogP contribution in [-0.2, 0) is 0 Å². The number of pyridine rings is 1.